The van der Waals surface area contributed by atoms with Crippen LogP contribution in [0.3, 0.4) is 0 Å². The monoisotopic (exact) mass is 266 g/mol. The first-order valence-corrected chi connectivity index (χ1v) is 8.32. The Bertz CT molecular complexity index is 299. The third-order valence-corrected chi connectivity index (χ3v) is 5.45. The van der Waals surface area contributed by atoms with Crippen molar-refractivity contribution >= 4 is 0 Å². The molecule has 1 aliphatic carbocycles. The van der Waals surface area contributed by atoms with E-state index in [9.17, 15) is 0 Å². The van der Waals surface area contributed by atoms with Crippen molar-refractivity contribution in [2.24, 2.45) is 5.92 Å². The summed E-state index contributed by atoms with van der Waals surface area (Å²) in [5.74, 6) is 0.917. The first-order valence-electron chi connectivity index (χ1n) is 8.32. The van der Waals surface area contributed by atoms with Crippen molar-refractivity contribution in [2.75, 3.05) is 26.2 Å². The fourth-order valence-corrected chi connectivity index (χ4v) is 3.91. The summed E-state index contributed by atoms with van der Waals surface area (Å²) in [4.78, 5) is 2.73. The predicted molar refractivity (Wildman–Crippen MR) is 78.4 cm³/mol. The van der Waals surface area contributed by atoms with Gasteiger partial charge in [-0.15, -0.1) is 0 Å². The zero-order chi connectivity index (χ0) is 13.3. The van der Waals surface area contributed by atoms with Gasteiger partial charge >= 0.3 is 0 Å². The molecule has 2 heterocycles. The molecule has 0 amide bonds. The zero-order valence-corrected chi connectivity index (χ0v) is 12.7. The minimum Gasteiger partial charge on any atom is -0.377 e. The van der Waals surface area contributed by atoms with Crippen LogP contribution in [0.25, 0.3) is 0 Å². The second-order valence-electron chi connectivity index (χ2n) is 7.05. The second-order valence-corrected chi connectivity index (χ2v) is 7.05. The Morgan fingerprint density at radius 1 is 1.26 bits per heavy atom. The van der Waals surface area contributed by atoms with Crippen LogP contribution in [-0.4, -0.2) is 48.8 Å². The van der Waals surface area contributed by atoms with Gasteiger partial charge in [0.1, 0.15) is 0 Å². The smallest absolute Gasteiger partial charge is 0.0702 e. The van der Waals surface area contributed by atoms with Gasteiger partial charge in [0.25, 0.3) is 0 Å². The van der Waals surface area contributed by atoms with Gasteiger partial charge in [-0.05, 0) is 51.4 Å². The first-order chi connectivity index (χ1) is 9.21. The van der Waals surface area contributed by atoms with E-state index in [0.717, 1.165) is 25.6 Å². The van der Waals surface area contributed by atoms with Crippen LogP contribution < -0.4 is 5.32 Å². The number of rotatable bonds is 4. The van der Waals surface area contributed by atoms with E-state index >= 15 is 0 Å². The second kappa shape index (κ2) is 5.71. The Labute approximate surface area is 118 Å². The highest BCUT2D eigenvalue weighted by molar-refractivity contribution is 5.04. The van der Waals surface area contributed by atoms with Gasteiger partial charge < -0.3 is 10.1 Å². The maximum Gasteiger partial charge on any atom is 0.0702 e. The zero-order valence-electron chi connectivity index (χ0n) is 12.7. The molecule has 2 saturated heterocycles. The van der Waals surface area contributed by atoms with E-state index in [1.807, 2.05) is 0 Å². The first kappa shape index (κ1) is 13.8. The Balaban J connectivity index is 1.61. The third-order valence-electron chi connectivity index (χ3n) is 5.45. The number of nitrogens with one attached hydrogen (secondary N) is 1. The molecule has 3 nitrogen and oxygen atoms in total. The van der Waals surface area contributed by atoms with Crippen LogP contribution in [0.5, 0.6) is 0 Å². The molecule has 3 unspecified atom stereocenters. The van der Waals surface area contributed by atoms with E-state index in [2.05, 4.69) is 24.1 Å². The minimum atomic E-state index is 0.361. The van der Waals surface area contributed by atoms with Gasteiger partial charge in [-0.2, -0.15) is 0 Å². The standard InChI is InChI=1S/C16H30N2O/c1-3-14-10-17-16(2,13-7-8-13)12-18(14)11-15-6-4-5-9-19-15/h13-15,17H,3-12H2,1-2H3. The SMILES string of the molecule is CCC1CNC(C)(C2CC2)CN1CC1CCCCO1. The van der Waals surface area contributed by atoms with Crippen molar-refractivity contribution in [3.8, 4) is 0 Å². The van der Waals surface area contributed by atoms with Gasteiger partial charge in [0.2, 0.25) is 0 Å². The summed E-state index contributed by atoms with van der Waals surface area (Å²) in [6.45, 7) is 9.27. The summed E-state index contributed by atoms with van der Waals surface area (Å²) in [5.41, 5.74) is 0.361. The Morgan fingerprint density at radius 2 is 2.11 bits per heavy atom. The molecule has 0 bridgehead atoms. The lowest BCUT2D eigenvalue weighted by Crippen LogP contribution is -2.64. The molecule has 0 aromatic carbocycles. The van der Waals surface area contributed by atoms with Crippen LogP contribution in [0.1, 0.15) is 52.4 Å². The maximum absolute atomic E-state index is 5.96. The van der Waals surface area contributed by atoms with Crippen LogP contribution in [0.2, 0.25) is 0 Å². The largest absolute Gasteiger partial charge is 0.377 e. The maximum atomic E-state index is 5.96. The molecule has 19 heavy (non-hydrogen) atoms. The van der Waals surface area contributed by atoms with E-state index in [0.29, 0.717) is 17.7 Å². The molecule has 3 heteroatoms. The molecule has 0 radical (unpaired) electrons. The highest BCUT2D eigenvalue weighted by Gasteiger charge is 2.45. The summed E-state index contributed by atoms with van der Waals surface area (Å²) in [7, 11) is 0. The van der Waals surface area contributed by atoms with Crippen molar-refractivity contribution in [3.05, 3.63) is 0 Å². The summed E-state index contributed by atoms with van der Waals surface area (Å²) in [6.07, 6.45) is 8.47. The fraction of sp³-hybridized carbons (Fsp3) is 1.00. The normalized spacial score (nSPS) is 41.4. The average molecular weight is 266 g/mol. The van der Waals surface area contributed by atoms with Crippen LogP contribution in [0.15, 0.2) is 0 Å². The van der Waals surface area contributed by atoms with Gasteiger partial charge in [-0.3, -0.25) is 4.90 Å². The van der Waals surface area contributed by atoms with Crippen molar-refractivity contribution in [1.29, 1.82) is 0 Å². The number of hydrogen-bond donors (Lipinski definition) is 1. The molecule has 3 aliphatic rings. The van der Waals surface area contributed by atoms with Gasteiger partial charge in [-0.1, -0.05) is 6.92 Å². The fourth-order valence-electron chi connectivity index (χ4n) is 3.91. The number of hydrogen-bond acceptors (Lipinski definition) is 3. The average Bonchev–Trinajstić information content (AvgIpc) is 3.25. The molecular formula is C16H30N2O. The van der Waals surface area contributed by atoms with E-state index in [-0.39, 0.29) is 0 Å². The lowest BCUT2D eigenvalue weighted by Gasteiger charge is -2.47. The van der Waals surface area contributed by atoms with Crippen LogP contribution in [-0.2, 0) is 4.74 Å². The molecule has 110 valence electrons. The quantitative estimate of drug-likeness (QED) is 0.845. The van der Waals surface area contributed by atoms with E-state index in [4.69, 9.17) is 4.74 Å². The number of piperazine rings is 1. The lowest BCUT2D eigenvalue weighted by molar-refractivity contribution is -0.0308. The van der Waals surface area contributed by atoms with Crippen LogP contribution in [0.4, 0.5) is 0 Å². The third kappa shape index (κ3) is 3.14. The molecule has 0 aromatic rings. The van der Waals surface area contributed by atoms with Crippen molar-refractivity contribution < 1.29 is 4.74 Å². The molecule has 3 fully saturated rings. The molecule has 0 aromatic heterocycles. The lowest BCUT2D eigenvalue weighted by atomic mass is 9.90. The van der Waals surface area contributed by atoms with Gasteiger partial charge in [0, 0.05) is 37.8 Å². The molecule has 0 spiro atoms. The number of ether oxygens (including phenoxy) is 1. The highest BCUT2D eigenvalue weighted by atomic mass is 16.5. The topological polar surface area (TPSA) is 24.5 Å². The van der Waals surface area contributed by atoms with Crippen molar-refractivity contribution in [1.82, 2.24) is 10.2 Å². The molecule has 3 atom stereocenters. The van der Waals surface area contributed by atoms with Crippen LogP contribution >= 0.6 is 0 Å². The number of nitrogens with zero attached hydrogens (tertiary/aromatic N) is 1. The molecule has 2 aliphatic heterocycles. The van der Waals surface area contributed by atoms with Crippen molar-refractivity contribution in [3.63, 3.8) is 0 Å². The summed E-state index contributed by atoms with van der Waals surface area (Å²) in [6, 6.07) is 0.706. The highest BCUT2D eigenvalue weighted by Crippen LogP contribution is 2.41. The summed E-state index contributed by atoms with van der Waals surface area (Å²) in [5, 5.41) is 3.84. The molecule has 1 N–H and O–H groups in total. The molecule has 3 rings (SSSR count). The van der Waals surface area contributed by atoms with E-state index in [1.165, 1.54) is 45.1 Å². The Morgan fingerprint density at radius 3 is 2.74 bits per heavy atom. The Kier molecular flexibility index (Phi) is 4.16. The van der Waals surface area contributed by atoms with E-state index in [1.54, 1.807) is 0 Å². The summed E-state index contributed by atoms with van der Waals surface area (Å²) >= 11 is 0. The van der Waals surface area contributed by atoms with Crippen molar-refractivity contribution in [2.45, 2.75) is 70.1 Å². The van der Waals surface area contributed by atoms with Crippen LogP contribution in [0, 0.1) is 5.92 Å². The summed E-state index contributed by atoms with van der Waals surface area (Å²) < 4.78 is 5.96. The van der Waals surface area contributed by atoms with Gasteiger partial charge in [0.05, 0.1) is 6.10 Å². The molecular weight excluding hydrogens is 236 g/mol. The van der Waals surface area contributed by atoms with Gasteiger partial charge in [-0.25, -0.2) is 0 Å². The Hall–Kier alpha value is -0.120. The predicted octanol–water partition coefficient (Wildman–Crippen LogP) is 2.41. The minimum absolute atomic E-state index is 0.361. The van der Waals surface area contributed by atoms with E-state index < -0.39 is 0 Å². The molecule has 1 saturated carbocycles. The van der Waals surface area contributed by atoms with Gasteiger partial charge in [0.15, 0.2) is 0 Å².